The molecule has 23 heavy (non-hydrogen) atoms. The molecule has 0 amide bonds. The van der Waals surface area contributed by atoms with Crippen LogP contribution in [0.25, 0.3) is 0 Å². The van der Waals surface area contributed by atoms with E-state index in [9.17, 15) is 13.2 Å². The van der Waals surface area contributed by atoms with Gasteiger partial charge in [-0.2, -0.15) is 13.2 Å². The molecule has 3 rings (SSSR count). The second kappa shape index (κ2) is 5.98. The van der Waals surface area contributed by atoms with Gasteiger partial charge in [-0.15, -0.1) is 0 Å². The number of fused-ring (bicyclic) bond motifs is 1. The van der Waals surface area contributed by atoms with Crippen LogP contribution < -0.4 is 10.6 Å². The van der Waals surface area contributed by atoms with Crippen molar-refractivity contribution in [3.8, 4) is 0 Å². The Morgan fingerprint density at radius 1 is 1.26 bits per heavy atom. The van der Waals surface area contributed by atoms with Crippen LogP contribution in [0, 0.1) is 0 Å². The van der Waals surface area contributed by atoms with E-state index >= 15 is 0 Å². The van der Waals surface area contributed by atoms with Crippen molar-refractivity contribution in [2.24, 2.45) is 0 Å². The van der Waals surface area contributed by atoms with Gasteiger partial charge in [-0.3, -0.25) is 0 Å². The minimum Gasteiger partial charge on any atom is -0.363 e. The van der Waals surface area contributed by atoms with E-state index in [4.69, 9.17) is 11.6 Å². The highest BCUT2D eigenvalue weighted by molar-refractivity contribution is 6.28. The van der Waals surface area contributed by atoms with Crippen LogP contribution in [0.1, 0.15) is 35.3 Å². The van der Waals surface area contributed by atoms with Crippen LogP contribution in [0.5, 0.6) is 0 Å². The zero-order valence-electron chi connectivity index (χ0n) is 12.2. The quantitative estimate of drug-likeness (QED) is 0.830. The second-order valence-electron chi connectivity index (χ2n) is 5.36. The summed E-state index contributed by atoms with van der Waals surface area (Å²) in [5.74, 6) is 0.551. The average Bonchev–Trinajstić information content (AvgIpc) is 2.94. The first-order chi connectivity index (χ1) is 10.8. The average molecular weight is 343 g/mol. The van der Waals surface area contributed by atoms with Crippen LogP contribution in [-0.2, 0) is 19.3 Å². The molecule has 1 aliphatic heterocycles. The van der Waals surface area contributed by atoms with Gasteiger partial charge in [-0.25, -0.2) is 9.97 Å². The van der Waals surface area contributed by atoms with Gasteiger partial charge in [0.15, 0.2) is 0 Å². The molecule has 2 heterocycles. The van der Waals surface area contributed by atoms with Crippen LogP contribution in [0.2, 0.25) is 5.28 Å². The number of halogens is 4. The summed E-state index contributed by atoms with van der Waals surface area (Å²) in [6.45, 7) is 2.98. The molecule has 0 aliphatic carbocycles. The van der Waals surface area contributed by atoms with Gasteiger partial charge in [0.05, 0.1) is 11.3 Å². The molecular formula is C15H14ClF3N4. The summed E-state index contributed by atoms with van der Waals surface area (Å²) in [6.07, 6.45) is -4.36. The lowest BCUT2D eigenvalue weighted by atomic mass is 10.0. The van der Waals surface area contributed by atoms with Gasteiger partial charge in [0, 0.05) is 24.7 Å². The summed E-state index contributed by atoms with van der Waals surface area (Å²) in [4.78, 5) is 8.31. The molecule has 1 aromatic heterocycles. The summed E-state index contributed by atoms with van der Waals surface area (Å²) >= 11 is 5.90. The number of benzene rings is 1. The molecule has 0 radical (unpaired) electrons. The van der Waals surface area contributed by atoms with Crippen molar-refractivity contribution in [2.75, 3.05) is 5.32 Å². The third-order valence-electron chi connectivity index (χ3n) is 3.73. The first-order valence-corrected chi connectivity index (χ1v) is 7.42. The lowest BCUT2D eigenvalue weighted by Crippen LogP contribution is -2.13. The molecular weight excluding hydrogens is 329 g/mol. The van der Waals surface area contributed by atoms with E-state index in [2.05, 4.69) is 20.6 Å². The Balaban J connectivity index is 1.87. The zero-order chi connectivity index (χ0) is 16.6. The molecule has 8 heteroatoms. The van der Waals surface area contributed by atoms with Crippen LogP contribution >= 0.6 is 11.6 Å². The lowest BCUT2D eigenvalue weighted by molar-refractivity contribution is -0.137. The van der Waals surface area contributed by atoms with Crippen molar-refractivity contribution in [1.82, 2.24) is 15.3 Å². The number of hydrogen-bond acceptors (Lipinski definition) is 4. The Bertz CT molecular complexity index is 733. The SMILES string of the molecule is C[C@@H](Nc1nc(Cl)nc2c1CNC2)c1cccc(C(F)(F)F)c1. The molecule has 2 N–H and O–H groups in total. The van der Waals surface area contributed by atoms with Gasteiger partial charge in [-0.1, -0.05) is 12.1 Å². The molecule has 2 aromatic rings. The molecule has 1 aromatic carbocycles. The zero-order valence-corrected chi connectivity index (χ0v) is 13.0. The molecule has 0 saturated carbocycles. The number of rotatable bonds is 3. The maximum absolute atomic E-state index is 12.8. The van der Waals surface area contributed by atoms with Crippen molar-refractivity contribution in [3.63, 3.8) is 0 Å². The first kappa shape index (κ1) is 16.0. The Labute approximate surface area is 136 Å². The number of alkyl halides is 3. The smallest absolute Gasteiger partial charge is 0.363 e. The monoisotopic (exact) mass is 342 g/mol. The highest BCUT2D eigenvalue weighted by Gasteiger charge is 2.30. The molecule has 1 aliphatic rings. The Morgan fingerprint density at radius 3 is 2.78 bits per heavy atom. The summed E-state index contributed by atoms with van der Waals surface area (Å²) in [5.41, 5.74) is 1.56. The number of hydrogen-bond donors (Lipinski definition) is 2. The Morgan fingerprint density at radius 2 is 2.04 bits per heavy atom. The van der Waals surface area contributed by atoms with Gasteiger partial charge >= 0.3 is 6.18 Å². The molecule has 0 fully saturated rings. The second-order valence-corrected chi connectivity index (χ2v) is 5.70. The summed E-state index contributed by atoms with van der Waals surface area (Å²) in [5, 5.41) is 6.40. The third kappa shape index (κ3) is 3.40. The molecule has 0 bridgehead atoms. The predicted octanol–water partition coefficient (Wildman–Crippen LogP) is 3.93. The van der Waals surface area contributed by atoms with Crippen LogP contribution in [0.4, 0.5) is 19.0 Å². The topological polar surface area (TPSA) is 49.8 Å². The molecule has 122 valence electrons. The standard InChI is InChI=1S/C15H14ClF3N4/c1-8(9-3-2-4-10(5-9)15(17,18)19)21-13-11-6-20-7-12(11)22-14(16)23-13/h2-5,8,20H,6-7H2,1H3,(H,21,22,23)/t8-/m1/s1. The van der Waals surface area contributed by atoms with Crippen LogP contribution in [0.15, 0.2) is 24.3 Å². The minimum absolute atomic E-state index is 0.117. The highest BCUT2D eigenvalue weighted by Crippen LogP contribution is 2.32. The van der Waals surface area contributed by atoms with Gasteiger partial charge in [0.25, 0.3) is 0 Å². The summed E-state index contributed by atoms with van der Waals surface area (Å²) in [7, 11) is 0. The number of nitrogens with one attached hydrogen (secondary N) is 2. The largest absolute Gasteiger partial charge is 0.416 e. The number of nitrogens with zero attached hydrogens (tertiary/aromatic N) is 2. The van der Waals surface area contributed by atoms with E-state index in [0.717, 1.165) is 23.4 Å². The van der Waals surface area contributed by atoms with Gasteiger partial charge < -0.3 is 10.6 Å². The van der Waals surface area contributed by atoms with Crippen molar-refractivity contribution in [1.29, 1.82) is 0 Å². The molecule has 0 unspecified atom stereocenters. The van der Waals surface area contributed by atoms with Crippen LogP contribution in [-0.4, -0.2) is 9.97 Å². The van der Waals surface area contributed by atoms with Crippen molar-refractivity contribution in [2.45, 2.75) is 32.2 Å². The Hall–Kier alpha value is -1.86. The van der Waals surface area contributed by atoms with E-state index in [-0.39, 0.29) is 11.3 Å². The molecule has 0 spiro atoms. The molecule has 0 saturated heterocycles. The third-order valence-corrected chi connectivity index (χ3v) is 3.90. The molecule has 1 atom stereocenters. The van der Waals surface area contributed by atoms with Gasteiger partial charge in [0.2, 0.25) is 5.28 Å². The van der Waals surface area contributed by atoms with Gasteiger partial charge in [0.1, 0.15) is 5.82 Å². The molecule has 4 nitrogen and oxygen atoms in total. The van der Waals surface area contributed by atoms with Crippen LogP contribution in [0.3, 0.4) is 0 Å². The van der Waals surface area contributed by atoms with Gasteiger partial charge in [-0.05, 0) is 36.2 Å². The van der Waals surface area contributed by atoms with E-state index in [1.165, 1.54) is 6.07 Å². The van der Waals surface area contributed by atoms with E-state index in [1.54, 1.807) is 13.0 Å². The predicted molar refractivity (Wildman–Crippen MR) is 81.1 cm³/mol. The Kier molecular flexibility index (Phi) is 4.16. The summed E-state index contributed by atoms with van der Waals surface area (Å²) < 4.78 is 38.5. The van der Waals surface area contributed by atoms with E-state index in [1.807, 2.05) is 0 Å². The van der Waals surface area contributed by atoms with Crippen molar-refractivity contribution < 1.29 is 13.2 Å². The highest BCUT2D eigenvalue weighted by atomic mass is 35.5. The fraction of sp³-hybridized carbons (Fsp3) is 0.333. The fourth-order valence-corrected chi connectivity index (χ4v) is 2.72. The summed E-state index contributed by atoms with van der Waals surface area (Å²) in [6, 6.07) is 4.88. The van der Waals surface area contributed by atoms with Crippen molar-refractivity contribution >= 4 is 17.4 Å². The first-order valence-electron chi connectivity index (χ1n) is 7.04. The maximum atomic E-state index is 12.8. The normalized spacial score (nSPS) is 15.3. The number of aromatic nitrogens is 2. The lowest BCUT2D eigenvalue weighted by Gasteiger charge is -2.18. The fourth-order valence-electron chi connectivity index (χ4n) is 2.53. The van der Waals surface area contributed by atoms with E-state index < -0.39 is 11.7 Å². The number of anilines is 1. The van der Waals surface area contributed by atoms with Crippen molar-refractivity contribution in [3.05, 3.63) is 51.9 Å². The minimum atomic E-state index is -4.36. The maximum Gasteiger partial charge on any atom is 0.416 e. The van der Waals surface area contributed by atoms with E-state index in [0.29, 0.717) is 24.5 Å².